The summed E-state index contributed by atoms with van der Waals surface area (Å²) in [6, 6.07) is 5.39. The number of fused-ring (bicyclic) bond motifs is 1. The number of esters is 1. The molecule has 20 heavy (non-hydrogen) atoms. The van der Waals surface area contributed by atoms with Gasteiger partial charge in [0, 0.05) is 10.9 Å². The molecular formula is C15H17NO4. The number of pyridine rings is 1. The predicted octanol–water partition coefficient (Wildman–Crippen LogP) is 2.53. The quantitative estimate of drug-likeness (QED) is 0.844. The van der Waals surface area contributed by atoms with E-state index in [-0.39, 0.29) is 12.2 Å². The first-order chi connectivity index (χ1) is 9.45. The first-order valence-electron chi connectivity index (χ1n) is 6.51. The van der Waals surface area contributed by atoms with E-state index < -0.39 is 17.3 Å². The molecule has 5 heteroatoms. The summed E-state index contributed by atoms with van der Waals surface area (Å²) in [6.07, 6.45) is 0. The molecule has 0 atom stereocenters. The van der Waals surface area contributed by atoms with Gasteiger partial charge in [0.05, 0.1) is 6.61 Å². The summed E-state index contributed by atoms with van der Waals surface area (Å²) >= 11 is 0. The van der Waals surface area contributed by atoms with E-state index in [1.165, 1.54) is 0 Å². The Kier molecular flexibility index (Phi) is 3.79. The predicted molar refractivity (Wildman–Crippen MR) is 76.3 cm³/mol. The number of ether oxygens (including phenoxy) is 1. The topological polar surface area (TPSA) is 79.4 Å². The van der Waals surface area contributed by atoms with Crippen LogP contribution in [0.1, 0.15) is 42.6 Å². The van der Waals surface area contributed by atoms with Crippen LogP contribution in [0, 0.1) is 0 Å². The number of aromatic hydroxyl groups is 1. The molecule has 0 saturated heterocycles. The molecule has 0 aliphatic rings. The standard InChI is InChI=1S/C15H17NO4/c1-4-20-15(19)12-10-6-5-9(8(2)3)7-11(10)16-14(18)13(12)17/h5-8,17H,4H2,1-3H3,(H,16,18). The van der Waals surface area contributed by atoms with E-state index in [9.17, 15) is 14.7 Å². The van der Waals surface area contributed by atoms with Crippen LogP contribution in [-0.2, 0) is 4.74 Å². The van der Waals surface area contributed by atoms with Gasteiger partial charge in [0.15, 0.2) is 5.75 Å². The van der Waals surface area contributed by atoms with Gasteiger partial charge in [-0.2, -0.15) is 0 Å². The molecule has 0 unspecified atom stereocenters. The fourth-order valence-electron chi connectivity index (χ4n) is 2.07. The van der Waals surface area contributed by atoms with Gasteiger partial charge in [-0.25, -0.2) is 4.79 Å². The van der Waals surface area contributed by atoms with E-state index in [4.69, 9.17) is 4.74 Å². The average molecular weight is 275 g/mol. The summed E-state index contributed by atoms with van der Waals surface area (Å²) in [7, 11) is 0. The number of hydrogen-bond acceptors (Lipinski definition) is 4. The first kappa shape index (κ1) is 14.1. The van der Waals surface area contributed by atoms with E-state index in [0.717, 1.165) is 5.56 Å². The number of aromatic nitrogens is 1. The number of nitrogens with one attached hydrogen (secondary N) is 1. The highest BCUT2D eigenvalue weighted by atomic mass is 16.5. The normalized spacial score (nSPS) is 11.0. The Morgan fingerprint density at radius 1 is 1.40 bits per heavy atom. The van der Waals surface area contributed by atoms with E-state index in [1.54, 1.807) is 13.0 Å². The molecule has 1 aromatic heterocycles. The summed E-state index contributed by atoms with van der Waals surface area (Å²) in [5, 5.41) is 10.3. The lowest BCUT2D eigenvalue weighted by molar-refractivity contribution is 0.0525. The molecule has 0 bridgehead atoms. The molecule has 1 heterocycles. The number of benzene rings is 1. The molecule has 106 valence electrons. The maximum Gasteiger partial charge on any atom is 0.342 e. The van der Waals surface area contributed by atoms with Gasteiger partial charge in [0.2, 0.25) is 0 Å². The number of H-pyrrole nitrogens is 1. The molecule has 0 aliphatic heterocycles. The summed E-state index contributed by atoms with van der Waals surface area (Å²) < 4.78 is 4.90. The van der Waals surface area contributed by atoms with Crippen LogP contribution >= 0.6 is 0 Å². The van der Waals surface area contributed by atoms with Crippen LogP contribution < -0.4 is 5.56 Å². The van der Waals surface area contributed by atoms with Gasteiger partial charge in [0.1, 0.15) is 5.56 Å². The van der Waals surface area contributed by atoms with Gasteiger partial charge in [-0.15, -0.1) is 0 Å². The highest BCUT2D eigenvalue weighted by molar-refractivity contribution is 6.05. The third kappa shape index (κ3) is 2.39. The second-order valence-electron chi connectivity index (χ2n) is 4.86. The average Bonchev–Trinajstić information content (AvgIpc) is 2.39. The van der Waals surface area contributed by atoms with Crippen molar-refractivity contribution in [3.8, 4) is 5.75 Å². The molecule has 2 rings (SSSR count). The highest BCUT2D eigenvalue weighted by Gasteiger charge is 2.20. The number of hydrogen-bond donors (Lipinski definition) is 2. The van der Waals surface area contributed by atoms with Crippen molar-refractivity contribution >= 4 is 16.9 Å². The molecule has 1 aromatic carbocycles. The van der Waals surface area contributed by atoms with Gasteiger partial charge in [-0.1, -0.05) is 26.0 Å². The molecule has 0 fully saturated rings. The fourth-order valence-corrected chi connectivity index (χ4v) is 2.07. The summed E-state index contributed by atoms with van der Waals surface area (Å²) in [5.74, 6) is -1.01. The summed E-state index contributed by atoms with van der Waals surface area (Å²) in [6.45, 7) is 5.91. The van der Waals surface area contributed by atoms with Crippen LogP contribution in [0.3, 0.4) is 0 Å². The number of carbonyl (C=O) groups is 1. The van der Waals surface area contributed by atoms with Gasteiger partial charge in [0.25, 0.3) is 5.56 Å². The Balaban J connectivity index is 2.75. The van der Waals surface area contributed by atoms with Crippen molar-refractivity contribution < 1.29 is 14.6 Å². The zero-order chi connectivity index (χ0) is 14.9. The van der Waals surface area contributed by atoms with Crippen molar-refractivity contribution in [2.24, 2.45) is 0 Å². The first-order valence-corrected chi connectivity index (χ1v) is 6.51. The minimum Gasteiger partial charge on any atom is -0.502 e. The van der Waals surface area contributed by atoms with Crippen LogP contribution in [0.25, 0.3) is 10.9 Å². The zero-order valence-electron chi connectivity index (χ0n) is 11.7. The highest BCUT2D eigenvalue weighted by Crippen LogP contribution is 2.26. The number of rotatable bonds is 3. The summed E-state index contributed by atoms with van der Waals surface area (Å²) in [4.78, 5) is 26.2. The van der Waals surface area contributed by atoms with E-state index in [0.29, 0.717) is 16.8 Å². The van der Waals surface area contributed by atoms with Crippen molar-refractivity contribution in [1.82, 2.24) is 4.98 Å². The third-order valence-corrected chi connectivity index (χ3v) is 3.16. The van der Waals surface area contributed by atoms with E-state index in [2.05, 4.69) is 4.98 Å². The molecule has 0 saturated carbocycles. The molecule has 0 aliphatic carbocycles. The molecule has 2 aromatic rings. The Morgan fingerprint density at radius 3 is 2.70 bits per heavy atom. The molecule has 0 radical (unpaired) electrons. The molecule has 2 N–H and O–H groups in total. The van der Waals surface area contributed by atoms with Crippen LogP contribution in [0.15, 0.2) is 23.0 Å². The lowest BCUT2D eigenvalue weighted by Gasteiger charge is -2.10. The largest absolute Gasteiger partial charge is 0.502 e. The summed E-state index contributed by atoms with van der Waals surface area (Å²) in [5.41, 5.74) is 0.776. The Morgan fingerprint density at radius 2 is 2.10 bits per heavy atom. The Bertz CT molecular complexity index is 716. The minimum atomic E-state index is -0.696. The maximum absolute atomic E-state index is 11.9. The monoisotopic (exact) mass is 275 g/mol. The molecular weight excluding hydrogens is 258 g/mol. The third-order valence-electron chi connectivity index (χ3n) is 3.16. The van der Waals surface area contributed by atoms with Crippen molar-refractivity contribution in [3.63, 3.8) is 0 Å². The van der Waals surface area contributed by atoms with Crippen LogP contribution in [0.2, 0.25) is 0 Å². The van der Waals surface area contributed by atoms with Gasteiger partial charge < -0.3 is 14.8 Å². The maximum atomic E-state index is 11.9. The van der Waals surface area contributed by atoms with Crippen LogP contribution in [-0.4, -0.2) is 22.7 Å². The Hall–Kier alpha value is -2.30. The minimum absolute atomic E-state index is 0.0825. The van der Waals surface area contributed by atoms with Gasteiger partial charge in [-0.05, 0) is 24.5 Å². The smallest absolute Gasteiger partial charge is 0.342 e. The van der Waals surface area contributed by atoms with Crippen molar-refractivity contribution in [3.05, 3.63) is 39.7 Å². The lowest BCUT2D eigenvalue weighted by Crippen LogP contribution is -2.14. The molecule has 0 amide bonds. The van der Waals surface area contributed by atoms with Gasteiger partial charge >= 0.3 is 5.97 Å². The van der Waals surface area contributed by atoms with E-state index in [1.807, 2.05) is 26.0 Å². The molecule has 5 nitrogen and oxygen atoms in total. The number of aromatic amines is 1. The van der Waals surface area contributed by atoms with Gasteiger partial charge in [-0.3, -0.25) is 4.79 Å². The second kappa shape index (κ2) is 5.36. The van der Waals surface area contributed by atoms with Crippen LogP contribution in [0.5, 0.6) is 5.75 Å². The molecule has 0 spiro atoms. The SMILES string of the molecule is CCOC(=O)c1c(O)c(=O)[nH]c2cc(C(C)C)ccc12. The van der Waals surface area contributed by atoms with Crippen molar-refractivity contribution in [2.75, 3.05) is 6.61 Å². The van der Waals surface area contributed by atoms with Crippen LogP contribution in [0.4, 0.5) is 0 Å². The second-order valence-corrected chi connectivity index (χ2v) is 4.86. The van der Waals surface area contributed by atoms with Crippen molar-refractivity contribution in [1.29, 1.82) is 0 Å². The van der Waals surface area contributed by atoms with E-state index >= 15 is 0 Å². The lowest BCUT2D eigenvalue weighted by atomic mass is 9.99. The van der Waals surface area contributed by atoms with Crippen molar-refractivity contribution in [2.45, 2.75) is 26.7 Å². The Labute approximate surface area is 116 Å². The number of carbonyl (C=O) groups excluding carboxylic acids is 1. The zero-order valence-corrected chi connectivity index (χ0v) is 11.7. The fraction of sp³-hybridized carbons (Fsp3) is 0.333.